The van der Waals surface area contributed by atoms with Crippen molar-refractivity contribution in [2.24, 2.45) is 5.92 Å². The van der Waals surface area contributed by atoms with Crippen LogP contribution in [0.5, 0.6) is 0 Å². The number of aliphatic hydroxyl groups is 2. The molecule has 18 heavy (non-hydrogen) atoms. The summed E-state index contributed by atoms with van der Waals surface area (Å²) in [5.41, 5.74) is 0. The van der Waals surface area contributed by atoms with Crippen LogP contribution in [-0.2, 0) is 9.47 Å². The number of ether oxygens (including phenoxy) is 2. The fraction of sp³-hybridized carbons (Fsp3) is 1.00. The zero-order valence-electron chi connectivity index (χ0n) is 11.7. The fourth-order valence-corrected chi connectivity index (χ4v) is 1.45. The Labute approximate surface area is 110 Å². The van der Waals surface area contributed by atoms with E-state index < -0.39 is 6.10 Å². The first-order chi connectivity index (χ1) is 8.66. The highest BCUT2D eigenvalue weighted by Gasteiger charge is 2.03. The van der Waals surface area contributed by atoms with Gasteiger partial charge in [0.05, 0.1) is 32.5 Å². The van der Waals surface area contributed by atoms with Gasteiger partial charge in [0.15, 0.2) is 0 Å². The average molecular weight is 263 g/mol. The van der Waals surface area contributed by atoms with Gasteiger partial charge >= 0.3 is 0 Å². The Bertz CT molecular complexity index is 167. The van der Waals surface area contributed by atoms with Crippen LogP contribution in [0.4, 0.5) is 0 Å². The van der Waals surface area contributed by atoms with E-state index in [-0.39, 0.29) is 6.61 Å². The minimum absolute atomic E-state index is 0.0485. The summed E-state index contributed by atoms with van der Waals surface area (Å²) in [4.78, 5) is 0. The average Bonchev–Trinajstić information content (AvgIpc) is 2.33. The van der Waals surface area contributed by atoms with E-state index >= 15 is 0 Å². The van der Waals surface area contributed by atoms with Crippen molar-refractivity contribution in [1.82, 2.24) is 5.32 Å². The molecule has 0 bridgehead atoms. The van der Waals surface area contributed by atoms with Crippen LogP contribution in [0.25, 0.3) is 0 Å². The molecule has 110 valence electrons. The number of aliphatic hydroxyl groups excluding tert-OH is 2. The summed E-state index contributed by atoms with van der Waals surface area (Å²) in [5, 5.41) is 21.1. The number of nitrogens with one attached hydrogen (secondary N) is 1. The van der Waals surface area contributed by atoms with Crippen LogP contribution in [-0.4, -0.2) is 62.4 Å². The van der Waals surface area contributed by atoms with Crippen molar-refractivity contribution < 1.29 is 19.7 Å². The topological polar surface area (TPSA) is 71.0 Å². The molecule has 5 nitrogen and oxygen atoms in total. The molecule has 1 unspecified atom stereocenters. The van der Waals surface area contributed by atoms with Crippen LogP contribution in [0, 0.1) is 5.92 Å². The Hall–Kier alpha value is -0.200. The number of rotatable bonds is 13. The van der Waals surface area contributed by atoms with Crippen LogP contribution >= 0.6 is 0 Å². The van der Waals surface area contributed by atoms with E-state index in [9.17, 15) is 5.11 Å². The van der Waals surface area contributed by atoms with E-state index in [4.69, 9.17) is 14.6 Å². The summed E-state index contributed by atoms with van der Waals surface area (Å²) in [6.45, 7) is 7.61. The molecule has 1 atom stereocenters. The molecule has 0 radical (unpaired) electrons. The molecule has 0 rings (SSSR count). The molecular weight excluding hydrogens is 234 g/mol. The Balaban J connectivity index is 3.15. The smallest absolute Gasteiger partial charge is 0.0897 e. The first kappa shape index (κ1) is 17.8. The number of hydrogen-bond donors (Lipinski definition) is 3. The van der Waals surface area contributed by atoms with Crippen LogP contribution in [0.15, 0.2) is 0 Å². The number of hydrogen-bond acceptors (Lipinski definition) is 5. The van der Waals surface area contributed by atoms with Crippen molar-refractivity contribution in [3.63, 3.8) is 0 Å². The lowest BCUT2D eigenvalue weighted by atomic mass is 10.1. The first-order valence-corrected chi connectivity index (χ1v) is 6.82. The van der Waals surface area contributed by atoms with Gasteiger partial charge < -0.3 is 25.0 Å². The molecule has 0 aromatic carbocycles. The summed E-state index contributed by atoms with van der Waals surface area (Å²) in [7, 11) is 0. The summed E-state index contributed by atoms with van der Waals surface area (Å²) in [5.74, 6) is 0.708. The first-order valence-electron chi connectivity index (χ1n) is 6.82. The lowest BCUT2D eigenvalue weighted by Gasteiger charge is -2.12. The Morgan fingerprint density at radius 2 is 1.89 bits per heavy atom. The van der Waals surface area contributed by atoms with Gasteiger partial charge in [0, 0.05) is 19.7 Å². The third-order valence-electron chi connectivity index (χ3n) is 2.42. The lowest BCUT2D eigenvalue weighted by Crippen LogP contribution is -2.32. The van der Waals surface area contributed by atoms with E-state index in [0.29, 0.717) is 38.8 Å². The van der Waals surface area contributed by atoms with Gasteiger partial charge in [-0.15, -0.1) is 0 Å². The third-order valence-corrected chi connectivity index (χ3v) is 2.42. The second-order valence-electron chi connectivity index (χ2n) is 4.80. The van der Waals surface area contributed by atoms with E-state index in [0.717, 1.165) is 19.4 Å². The maximum Gasteiger partial charge on any atom is 0.0897 e. The van der Waals surface area contributed by atoms with Gasteiger partial charge in [-0.25, -0.2) is 0 Å². The van der Waals surface area contributed by atoms with Crippen LogP contribution < -0.4 is 5.32 Å². The van der Waals surface area contributed by atoms with Gasteiger partial charge in [0.2, 0.25) is 0 Å². The van der Waals surface area contributed by atoms with Crippen molar-refractivity contribution >= 4 is 0 Å². The third kappa shape index (κ3) is 13.9. The molecular formula is C13H29NO4. The van der Waals surface area contributed by atoms with Crippen LogP contribution in [0.1, 0.15) is 26.7 Å². The summed E-state index contributed by atoms with van der Waals surface area (Å²) < 4.78 is 10.5. The zero-order chi connectivity index (χ0) is 13.6. The van der Waals surface area contributed by atoms with Gasteiger partial charge in [-0.2, -0.15) is 0 Å². The quantitative estimate of drug-likeness (QED) is 0.420. The SMILES string of the molecule is CC(C)CCCOCC(O)CNCCOCCO. The maximum atomic E-state index is 9.59. The van der Waals surface area contributed by atoms with Crippen molar-refractivity contribution in [2.75, 3.05) is 46.1 Å². The molecule has 0 aromatic rings. The standard InChI is InChI=1S/C13H29NO4/c1-12(2)4-3-7-18-11-13(16)10-14-5-8-17-9-6-15/h12-16H,3-11H2,1-2H3. The van der Waals surface area contributed by atoms with E-state index in [1.165, 1.54) is 0 Å². The van der Waals surface area contributed by atoms with Crippen molar-refractivity contribution in [3.8, 4) is 0 Å². The van der Waals surface area contributed by atoms with Gasteiger partial charge in [-0.05, 0) is 18.8 Å². The largest absolute Gasteiger partial charge is 0.394 e. The molecule has 0 fully saturated rings. The molecule has 3 N–H and O–H groups in total. The van der Waals surface area contributed by atoms with Crippen LogP contribution in [0.3, 0.4) is 0 Å². The summed E-state index contributed by atoms with van der Waals surface area (Å²) in [6.07, 6.45) is 1.74. The van der Waals surface area contributed by atoms with Gasteiger partial charge in [-0.3, -0.25) is 0 Å². The van der Waals surface area contributed by atoms with Gasteiger partial charge in [0.1, 0.15) is 0 Å². The zero-order valence-corrected chi connectivity index (χ0v) is 11.7. The second-order valence-corrected chi connectivity index (χ2v) is 4.80. The molecule has 0 heterocycles. The highest BCUT2D eigenvalue weighted by atomic mass is 16.5. The molecule has 0 saturated carbocycles. The Kier molecular flexibility index (Phi) is 13.1. The van der Waals surface area contributed by atoms with Crippen molar-refractivity contribution in [3.05, 3.63) is 0 Å². The van der Waals surface area contributed by atoms with E-state index in [1.807, 2.05) is 0 Å². The van der Waals surface area contributed by atoms with Crippen molar-refractivity contribution in [2.45, 2.75) is 32.8 Å². The summed E-state index contributed by atoms with van der Waals surface area (Å²) in [6, 6.07) is 0. The highest BCUT2D eigenvalue weighted by molar-refractivity contribution is 4.58. The van der Waals surface area contributed by atoms with Gasteiger partial charge in [0.25, 0.3) is 0 Å². The molecule has 0 saturated heterocycles. The minimum atomic E-state index is -0.470. The molecule has 0 aliphatic heterocycles. The molecule has 0 aromatic heterocycles. The maximum absolute atomic E-state index is 9.59. The predicted molar refractivity (Wildman–Crippen MR) is 71.7 cm³/mol. The highest BCUT2D eigenvalue weighted by Crippen LogP contribution is 2.03. The van der Waals surface area contributed by atoms with E-state index in [2.05, 4.69) is 19.2 Å². The Morgan fingerprint density at radius 1 is 1.11 bits per heavy atom. The molecule has 0 amide bonds. The lowest BCUT2D eigenvalue weighted by molar-refractivity contribution is 0.0330. The Morgan fingerprint density at radius 3 is 2.56 bits per heavy atom. The van der Waals surface area contributed by atoms with E-state index in [1.54, 1.807) is 0 Å². The predicted octanol–water partition coefficient (Wildman–Crippen LogP) is 0.399. The van der Waals surface area contributed by atoms with Crippen molar-refractivity contribution in [1.29, 1.82) is 0 Å². The van der Waals surface area contributed by atoms with Crippen LogP contribution in [0.2, 0.25) is 0 Å². The molecule has 0 aliphatic carbocycles. The minimum Gasteiger partial charge on any atom is -0.394 e. The molecule has 0 aliphatic rings. The summed E-state index contributed by atoms with van der Waals surface area (Å²) >= 11 is 0. The normalized spacial score (nSPS) is 13.2. The fourth-order valence-electron chi connectivity index (χ4n) is 1.45. The monoisotopic (exact) mass is 263 g/mol. The molecule has 0 spiro atoms. The molecule has 5 heteroatoms. The second kappa shape index (κ2) is 13.2. The van der Waals surface area contributed by atoms with Gasteiger partial charge in [-0.1, -0.05) is 13.8 Å².